The first-order chi connectivity index (χ1) is 10.0. The zero-order chi connectivity index (χ0) is 15.7. The first-order valence-electron chi connectivity index (χ1n) is 7.72. The smallest absolute Gasteiger partial charge is 0.224 e. The molecule has 0 aliphatic carbocycles. The van der Waals surface area contributed by atoms with Gasteiger partial charge in [0.25, 0.3) is 0 Å². The largest absolute Gasteiger partial charge is 0.379 e. The van der Waals surface area contributed by atoms with Crippen molar-refractivity contribution in [3.05, 3.63) is 35.9 Å². The van der Waals surface area contributed by atoms with Crippen molar-refractivity contribution in [2.75, 3.05) is 13.2 Å². The van der Waals surface area contributed by atoms with Crippen LogP contribution in [0.5, 0.6) is 0 Å². The number of carbonyl (C=O) groups is 1. The van der Waals surface area contributed by atoms with Crippen LogP contribution in [0.1, 0.15) is 45.2 Å². The quantitative estimate of drug-likeness (QED) is 0.688. The second kappa shape index (κ2) is 9.53. The normalized spacial score (nSPS) is 14.0. The molecule has 0 heterocycles. The van der Waals surface area contributed by atoms with Crippen LogP contribution in [0.4, 0.5) is 0 Å². The predicted molar refractivity (Wildman–Crippen MR) is 85.9 cm³/mol. The highest BCUT2D eigenvalue weighted by Crippen LogP contribution is 2.18. The molecule has 0 aliphatic heterocycles. The fourth-order valence-corrected chi connectivity index (χ4v) is 2.05. The molecule has 0 spiro atoms. The van der Waals surface area contributed by atoms with Gasteiger partial charge in [0, 0.05) is 19.2 Å². The van der Waals surface area contributed by atoms with E-state index in [9.17, 15) is 4.79 Å². The van der Waals surface area contributed by atoms with Crippen LogP contribution < -0.4 is 11.1 Å². The number of ether oxygens (including phenoxy) is 1. The van der Waals surface area contributed by atoms with Gasteiger partial charge in [-0.1, -0.05) is 37.3 Å². The zero-order valence-corrected chi connectivity index (χ0v) is 13.3. The Bertz CT molecular complexity index is 407. The first kappa shape index (κ1) is 17.7. The fourth-order valence-electron chi connectivity index (χ4n) is 2.05. The molecule has 118 valence electrons. The molecule has 0 radical (unpaired) electrons. The lowest BCUT2D eigenvalue weighted by Crippen LogP contribution is -2.36. The Morgan fingerprint density at radius 3 is 2.48 bits per heavy atom. The fraction of sp³-hybridized carbons (Fsp3) is 0.588. The van der Waals surface area contributed by atoms with Gasteiger partial charge in [-0.2, -0.15) is 0 Å². The third-order valence-corrected chi connectivity index (χ3v) is 3.46. The van der Waals surface area contributed by atoms with E-state index in [0.29, 0.717) is 6.54 Å². The number of carbonyl (C=O) groups excluding carboxylic acids is 1. The Balaban J connectivity index is 2.25. The molecule has 1 aromatic carbocycles. The third kappa shape index (κ3) is 6.74. The van der Waals surface area contributed by atoms with Crippen LogP contribution in [-0.4, -0.2) is 25.2 Å². The van der Waals surface area contributed by atoms with Crippen molar-refractivity contribution in [1.82, 2.24) is 5.32 Å². The van der Waals surface area contributed by atoms with E-state index in [0.717, 1.165) is 25.0 Å². The maximum atomic E-state index is 12.1. The molecule has 1 amide bonds. The van der Waals surface area contributed by atoms with E-state index in [2.05, 4.69) is 5.32 Å². The molecule has 0 aromatic heterocycles. The highest BCUT2D eigenvalue weighted by Gasteiger charge is 2.21. The van der Waals surface area contributed by atoms with Crippen molar-refractivity contribution < 1.29 is 9.53 Å². The van der Waals surface area contributed by atoms with Gasteiger partial charge >= 0.3 is 0 Å². The van der Waals surface area contributed by atoms with Crippen molar-refractivity contribution in [3.63, 3.8) is 0 Å². The van der Waals surface area contributed by atoms with Crippen LogP contribution in [-0.2, 0) is 9.53 Å². The Morgan fingerprint density at radius 1 is 1.19 bits per heavy atom. The maximum absolute atomic E-state index is 12.1. The maximum Gasteiger partial charge on any atom is 0.224 e. The Kier molecular flexibility index (Phi) is 8.01. The van der Waals surface area contributed by atoms with E-state index >= 15 is 0 Å². The molecule has 0 saturated carbocycles. The number of hydrogen-bond donors (Lipinski definition) is 2. The summed E-state index contributed by atoms with van der Waals surface area (Å²) >= 11 is 0. The van der Waals surface area contributed by atoms with Gasteiger partial charge in [0.2, 0.25) is 5.91 Å². The van der Waals surface area contributed by atoms with E-state index in [1.165, 1.54) is 0 Å². The third-order valence-electron chi connectivity index (χ3n) is 3.46. The van der Waals surface area contributed by atoms with E-state index < -0.39 is 0 Å². The number of benzene rings is 1. The Morgan fingerprint density at radius 2 is 1.86 bits per heavy atom. The van der Waals surface area contributed by atoms with E-state index in [4.69, 9.17) is 10.5 Å². The number of amides is 1. The zero-order valence-electron chi connectivity index (χ0n) is 13.3. The molecule has 0 bridgehead atoms. The average molecular weight is 292 g/mol. The molecular weight excluding hydrogens is 264 g/mol. The van der Waals surface area contributed by atoms with E-state index in [-0.39, 0.29) is 24.0 Å². The highest BCUT2D eigenvalue weighted by atomic mass is 16.5. The van der Waals surface area contributed by atoms with Crippen LogP contribution in [0.3, 0.4) is 0 Å². The topological polar surface area (TPSA) is 64.3 Å². The number of nitrogens with one attached hydrogen (secondary N) is 1. The summed E-state index contributed by atoms with van der Waals surface area (Å²) in [6.07, 6.45) is 2.15. The highest BCUT2D eigenvalue weighted by molar-refractivity contribution is 5.79. The monoisotopic (exact) mass is 292 g/mol. The van der Waals surface area contributed by atoms with E-state index in [1.54, 1.807) is 0 Å². The minimum atomic E-state index is -0.268. The second-order valence-corrected chi connectivity index (χ2v) is 5.64. The molecule has 4 nitrogen and oxygen atoms in total. The van der Waals surface area contributed by atoms with Crippen LogP contribution >= 0.6 is 0 Å². The Hall–Kier alpha value is -1.39. The van der Waals surface area contributed by atoms with Gasteiger partial charge in [0.05, 0.1) is 12.0 Å². The second-order valence-electron chi connectivity index (χ2n) is 5.64. The van der Waals surface area contributed by atoms with Crippen molar-refractivity contribution in [1.29, 1.82) is 0 Å². The summed E-state index contributed by atoms with van der Waals surface area (Å²) in [5, 5.41) is 2.95. The van der Waals surface area contributed by atoms with Gasteiger partial charge in [0.15, 0.2) is 0 Å². The first-order valence-corrected chi connectivity index (χ1v) is 7.72. The lowest BCUT2D eigenvalue weighted by molar-refractivity contribution is -0.125. The summed E-state index contributed by atoms with van der Waals surface area (Å²) in [7, 11) is 0. The summed E-state index contributed by atoms with van der Waals surface area (Å²) in [6, 6.07) is 9.47. The van der Waals surface area contributed by atoms with Crippen LogP contribution in [0.15, 0.2) is 30.3 Å². The number of unbranched alkanes of at least 4 members (excludes halogenated alkanes) is 1. The molecule has 4 heteroatoms. The molecule has 3 N–H and O–H groups in total. The summed E-state index contributed by atoms with van der Waals surface area (Å²) in [5.41, 5.74) is 7.14. The SMILES string of the molecule is CC(C)OCCCCNC(=O)C(C)C(N)c1ccccc1. The summed E-state index contributed by atoms with van der Waals surface area (Å²) in [5.74, 6) is -0.226. The number of rotatable bonds is 9. The van der Waals surface area contributed by atoms with Gasteiger partial charge in [-0.25, -0.2) is 0 Å². The van der Waals surface area contributed by atoms with Crippen molar-refractivity contribution in [2.24, 2.45) is 11.7 Å². The van der Waals surface area contributed by atoms with Gasteiger partial charge in [-0.05, 0) is 32.3 Å². The van der Waals surface area contributed by atoms with Crippen LogP contribution in [0.2, 0.25) is 0 Å². The molecule has 0 fully saturated rings. The predicted octanol–water partition coefficient (Wildman–Crippen LogP) is 2.64. The number of hydrogen-bond acceptors (Lipinski definition) is 3. The van der Waals surface area contributed by atoms with Gasteiger partial charge in [0.1, 0.15) is 0 Å². The van der Waals surface area contributed by atoms with Crippen LogP contribution in [0.25, 0.3) is 0 Å². The molecular formula is C17H28N2O2. The van der Waals surface area contributed by atoms with Crippen molar-refractivity contribution in [3.8, 4) is 0 Å². The average Bonchev–Trinajstić information content (AvgIpc) is 2.49. The minimum Gasteiger partial charge on any atom is -0.379 e. The lowest BCUT2D eigenvalue weighted by Gasteiger charge is -2.19. The van der Waals surface area contributed by atoms with E-state index in [1.807, 2.05) is 51.1 Å². The minimum absolute atomic E-state index is 0.0103. The summed E-state index contributed by atoms with van der Waals surface area (Å²) in [6.45, 7) is 7.33. The van der Waals surface area contributed by atoms with Crippen LogP contribution in [0, 0.1) is 5.92 Å². The van der Waals surface area contributed by atoms with Crippen molar-refractivity contribution in [2.45, 2.75) is 45.8 Å². The molecule has 1 rings (SSSR count). The molecule has 0 aliphatic rings. The molecule has 1 aromatic rings. The van der Waals surface area contributed by atoms with Gasteiger partial charge < -0.3 is 15.8 Å². The lowest BCUT2D eigenvalue weighted by atomic mass is 9.94. The summed E-state index contributed by atoms with van der Waals surface area (Å²) in [4.78, 5) is 12.1. The number of nitrogens with two attached hydrogens (primary N) is 1. The molecule has 2 atom stereocenters. The van der Waals surface area contributed by atoms with Gasteiger partial charge in [-0.15, -0.1) is 0 Å². The molecule has 2 unspecified atom stereocenters. The standard InChI is InChI=1S/C17H28N2O2/c1-13(2)21-12-8-7-11-19-17(20)14(3)16(18)15-9-5-4-6-10-15/h4-6,9-10,13-14,16H,7-8,11-12,18H2,1-3H3,(H,19,20). The summed E-state index contributed by atoms with van der Waals surface area (Å²) < 4.78 is 5.46. The molecule has 0 saturated heterocycles. The van der Waals surface area contributed by atoms with Gasteiger partial charge in [-0.3, -0.25) is 4.79 Å². The van der Waals surface area contributed by atoms with Crippen molar-refractivity contribution >= 4 is 5.91 Å². The Labute approximate surface area is 128 Å². The molecule has 21 heavy (non-hydrogen) atoms.